The van der Waals surface area contributed by atoms with E-state index in [1.54, 1.807) is 6.92 Å². The highest BCUT2D eigenvalue weighted by atomic mass is 32.2. The zero-order chi connectivity index (χ0) is 18.6. The van der Waals surface area contributed by atoms with E-state index in [0.717, 1.165) is 17.4 Å². The molecule has 0 bridgehead atoms. The van der Waals surface area contributed by atoms with Crippen molar-refractivity contribution in [2.45, 2.75) is 11.1 Å². The van der Waals surface area contributed by atoms with E-state index in [-0.39, 0.29) is 40.8 Å². The maximum Gasteiger partial charge on any atom is 0.339 e. The van der Waals surface area contributed by atoms with Gasteiger partial charge in [0.15, 0.2) is 0 Å². The molecule has 2 rings (SSSR count). The Labute approximate surface area is 147 Å². The Kier molecular flexibility index (Phi) is 5.77. The van der Waals surface area contributed by atoms with E-state index in [0.29, 0.717) is 0 Å². The Morgan fingerprint density at radius 1 is 1.32 bits per heavy atom. The standard InChI is InChI=1S/C13H15N3O7S2/c1-2-22-12(18)8-4-15-13(19)16-9(8)5-23-11(17)7-3-10(24-6-7)25(14,20)21/h3,6H,2,4-5H2,1H3,(H2,14,20,21)(H2,15,16,19). The van der Waals surface area contributed by atoms with Crippen molar-refractivity contribution in [1.82, 2.24) is 10.6 Å². The molecule has 0 radical (unpaired) electrons. The Morgan fingerprint density at radius 3 is 2.64 bits per heavy atom. The first-order valence-corrected chi connectivity index (χ1v) is 9.37. The molecule has 1 aliphatic heterocycles. The van der Waals surface area contributed by atoms with E-state index in [1.165, 1.54) is 5.38 Å². The van der Waals surface area contributed by atoms with Gasteiger partial charge >= 0.3 is 18.0 Å². The van der Waals surface area contributed by atoms with Gasteiger partial charge in [0.2, 0.25) is 10.0 Å². The minimum absolute atomic E-state index is 0.00688. The number of esters is 2. The zero-order valence-corrected chi connectivity index (χ0v) is 14.7. The largest absolute Gasteiger partial charge is 0.463 e. The summed E-state index contributed by atoms with van der Waals surface area (Å²) in [5, 5.41) is 11.0. The van der Waals surface area contributed by atoms with Crippen LogP contribution in [-0.2, 0) is 24.3 Å². The Bertz CT molecular complexity index is 842. The van der Waals surface area contributed by atoms with Crippen molar-refractivity contribution in [3.05, 3.63) is 28.3 Å². The number of nitrogens with one attached hydrogen (secondary N) is 2. The van der Waals surface area contributed by atoms with Gasteiger partial charge in [0.1, 0.15) is 10.8 Å². The van der Waals surface area contributed by atoms with Crippen LogP contribution < -0.4 is 15.8 Å². The highest BCUT2D eigenvalue weighted by Crippen LogP contribution is 2.20. The van der Waals surface area contributed by atoms with Crippen molar-refractivity contribution < 1.29 is 32.3 Å². The van der Waals surface area contributed by atoms with Crippen LogP contribution in [0.2, 0.25) is 0 Å². The van der Waals surface area contributed by atoms with Crippen molar-refractivity contribution in [3.63, 3.8) is 0 Å². The summed E-state index contributed by atoms with van der Waals surface area (Å²) >= 11 is 0.779. The first-order valence-electron chi connectivity index (χ1n) is 6.94. The van der Waals surface area contributed by atoms with Crippen molar-refractivity contribution in [2.24, 2.45) is 5.14 Å². The molecule has 0 spiro atoms. The van der Waals surface area contributed by atoms with Crippen LogP contribution in [0.1, 0.15) is 17.3 Å². The third kappa shape index (κ3) is 4.78. The number of rotatable bonds is 6. The van der Waals surface area contributed by atoms with Gasteiger partial charge in [0.05, 0.1) is 30.0 Å². The smallest absolute Gasteiger partial charge is 0.339 e. The zero-order valence-electron chi connectivity index (χ0n) is 13.0. The fraction of sp³-hybridized carbons (Fsp3) is 0.308. The number of hydrogen-bond acceptors (Lipinski definition) is 8. The average Bonchev–Trinajstić information content (AvgIpc) is 3.03. The van der Waals surface area contributed by atoms with E-state index < -0.39 is 28.0 Å². The molecular weight excluding hydrogens is 374 g/mol. The first kappa shape index (κ1) is 18.9. The number of primary sulfonamides is 1. The number of hydrogen-bond donors (Lipinski definition) is 3. The highest BCUT2D eigenvalue weighted by molar-refractivity contribution is 7.91. The molecule has 0 fully saturated rings. The molecule has 136 valence electrons. The molecule has 1 aromatic heterocycles. The van der Waals surface area contributed by atoms with E-state index in [9.17, 15) is 22.8 Å². The number of urea groups is 1. The third-order valence-electron chi connectivity index (χ3n) is 3.02. The summed E-state index contributed by atoms with van der Waals surface area (Å²) in [6, 6.07) is 0.537. The summed E-state index contributed by atoms with van der Waals surface area (Å²) in [6.45, 7) is 1.33. The minimum atomic E-state index is -3.91. The van der Waals surface area contributed by atoms with Gasteiger partial charge in [-0.2, -0.15) is 0 Å². The molecule has 25 heavy (non-hydrogen) atoms. The average molecular weight is 389 g/mol. The van der Waals surface area contributed by atoms with Gasteiger partial charge < -0.3 is 20.1 Å². The van der Waals surface area contributed by atoms with E-state index in [2.05, 4.69) is 10.6 Å². The topological polar surface area (TPSA) is 154 Å². The van der Waals surface area contributed by atoms with Crippen molar-refractivity contribution in [3.8, 4) is 0 Å². The second-order valence-corrected chi connectivity index (χ2v) is 7.46. The SMILES string of the molecule is CCOC(=O)C1=C(COC(=O)c2csc(S(N)(=O)=O)c2)NC(=O)NC1. The quantitative estimate of drug-likeness (QED) is 0.563. The molecule has 10 nitrogen and oxygen atoms in total. The number of carbonyl (C=O) groups excluding carboxylic acids is 3. The fourth-order valence-corrected chi connectivity index (χ4v) is 3.44. The summed E-state index contributed by atoms with van der Waals surface area (Å²) in [7, 11) is -3.91. The molecule has 1 aliphatic rings. The van der Waals surface area contributed by atoms with Crippen molar-refractivity contribution in [2.75, 3.05) is 19.8 Å². The molecule has 2 amide bonds. The van der Waals surface area contributed by atoms with Gasteiger partial charge in [-0.1, -0.05) is 0 Å². The molecular formula is C13H15N3O7S2. The number of thiophene rings is 1. The maximum atomic E-state index is 12.0. The number of carbonyl (C=O) groups is 3. The van der Waals surface area contributed by atoms with Crippen LogP contribution in [0.3, 0.4) is 0 Å². The van der Waals surface area contributed by atoms with Crippen LogP contribution in [0, 0.1) is 0 Å². The number of nitrogens with two attached hydrogens (primary N) is 1. The van der Waals surface area contributed by atoms with Crippen LogP contribution in [0.5, 0.6) is 0 Å². The van der Waals surface area contributed by atoms with Gasteiger partial charge in [0.25, 0.3) is 0 Å². The lowest BCUT2D eigenvalue weighted by Crippen LogP contribution is -2.45. The summed E-state index contributed by atoms with van der Waals surface area (Å²) in [4.78, 5) is 35.2. The normalized spacial score (nSPS) is 14.6. The number of amides is 2. The monoisotopic (exact) mass is 389 g/mol. The predicted molar refractivity (Wildman–Crippen MR) is 86.2 cm³/mol. The van der Waals surface area contributed by atoms with Crippen LogP contribution in [0.4, 0.5) is 4.79 Å². The highest BCUT2D eigenvalue weighted by Gasteiger charge is 2.25. The summed E-state index contributed by atoms with van der Waals surface area (Å²) in [6.07, 6.45) is 0. The van der Waals surface area contributed by atoms with Crippen LogP contribution in [0.15, 0.2) is 26.9 Å². The van der Waals surface area contributed by atoms with Crippen LogP contribution in [-0.4, -0.2) is 46.1 Å². The van der Waals surface area contributed by atoms with Gasteiger partial charge in [0, 0.05) is 5.38 Å². The summed E-state index contributed by atoms with van der Waals surface area (Å²) in [5.41, 5.74) is 0.217. The molecule has 0 aliphatic carbocycles. The number of ether oxygens (including phenoxy) is 2. The molecule has 4 N–H and O–H groups in total. The lowest BCUT2D eigenvalue weighted by atomic mass is 10.1. The van der Waals surface area contributed by atoms with Gasteiger partial charge in [-0.3, -0.25) is 0 Å². The fourth-order valence-electron chi connectivity index (χ4n) is 1.86. The van der Waals surface area contributed by atoms with Gasteiger partial charge in [-0.15, -0.1) is 11.3 Å². The lowest BCUT2D eigenvalue weighted by molar-refractivity contribution is -0.138. The summed E-state index contributed by atoms with van der Waals surface area (Å²) in [5.74, 6) is -1.47. The Balaban J connectivity index is 2.11. The molecule has 0 aromatic carbocycles. The first-order chi connectivity index (χ1) is 11.7. The predicted octanol–water partition coefficient (Wildman–Crippen LogP) is -0.318. The maximum absolute atomic E-state index is 12.0. The second kappa shape index (κ2) is 7.63. The Morgan fingerprint density at radius 2 is 2.04 bits per heavy atom. The van der Waals surface area contributed by atoms with E-state index in [4.69, 9.17) is 14.6 Å². The van der Waals surface area contributed by atoms with Gasteiger partial charge in [-0.25, -0.2) is 27.9 Å². The molecule has 12 heteroatoms. The lowest BCUT2D eigenvalue weighted by Gasteiger charge is -2.21. The molecule has 0 saturated carbocycles. The van der Waals surface area contributed by atoms with Gasteiger partial charge in [-0.05, 0) is 13.0 Å². The second-order valence-electron chi connectivity index (χ2n) is 4.76. The van der Waals surface area contributed by atoms with Crippen molar-refractivity contribution >= 4 is 39.3 Å². The van der Waals surface area contributed by atoms with Crippen LogP contribution >= 0.6 is 11.3 Å². The minimum Gasteiger partial charge on any atom is -0.463 e. The van der Waals surface area contributed by atoms with E-state index >= 15 is 0 Å². The molecule has 0 saturated heterocycles. The number of sulfonamides is 1. The van der Waals surface area contributed by atoms with Crippen molar-refractivity contribution in [1.29, 1.82) is 0 Å². The molecule has 0 atom stereocenters. The molecule has 1 aromatic rings. The molecule has 0 unspecified atom stereocenters. The van der Waals surface area contributed by atoms with E-state index in [1.807, 2.05) is 0 Å². The summed E-state index contributed by atoms with van der Waals surface area (Å²) < 4.78 is 32.1. The van der Waals surface area contributed by atoms with Crippen LogP contribution in [0.25, 0.3) is 0 Å². The molecule has 2 heterocycles. The third-order valence-corrected chi connectivity index (χ3v) is 5.40. The Hall–Kier alpha value is -2.44.